The first-order valence-corrected chi connectivity index (χ1v) is 10.3. The highest BCUT2D eigenvalue weighted by Crippen LogP contribution is 2.39. The minimum Gasteiger partial charge on any atom is -0.392 e. The Labute approximate surface area is 162 Å². The maximum atomic E-state index is 12.7. The van der Waals surface area contributed by atoms with Crippen LogP contribution in [0.5, 0.6) is 0 Å². The van der Waals surface area contributed by atoms with E-state index in [9.17, 15) is 9.90 Å². The highest BCUT2D eigenvalue weighted by Gasteiger charge is 2.46. The topological polar surface area (TPSA) is 61.6 Å². The van der Waals surface area contributed by atoms with Gasteiger partial charge in [-0.2, -0.15) is 0 Å². The van der Waals surface area contributed by atoms with E-state index in [1.165, 1.54) is 0 Å². The standard InChI is InChI=1S/C21H34N4O2/c1-3-4-5-6-8-20(27)25-12-7-10-21(17-25)16-24(13-9-18(21)26)15-19-22-11-14-23(19)2/h3-4,11,14,18,26H,5-10,12-13,15-17H2,1-2H3/b4-3+/t18-,21-/m1/s1. The first-order chi connectivity index (χ1) is 13.0. The zero-order valence-corrected chi connectivity index (χ0v) is 16.8. The molecule has 6 nitrogen and oxygen atoms in total. The molecule has 1 aromatic heterocycles. The van der Waals surface area contributed by atoms with Gasteiger partial charge in [-0.1, -0.05) is 12.2 Å². The molecule has 2 atom stereocenters. The molecule has 2 aliphatic heterocycles. The number of amides is 1. The van der Waals surface area contributed by atoms with Gasteiger partial charge in [0.2, 0.25) is 5.91 Å². The molecule has 27 heavy (non-hydrogen) atoms. The molecule has 1 aromatic rings. The molecule has 2 fully saturated rings. The lowest BCUT2D eigenvalue weighted by atomic mass is 9.71. The Bertz CT molecular complexity index is 656. The van der Waals surface area contributed by atoms with Gasteiger partial charge in [-0.25, -0.2) is 4.98 Å². The zero-order valence-electron chi connectivity index (χ0n) is 16.8. The molecule has 2 aliphatic rings. The highest BCUT2D eigenvalue weighted by atomic mass is 16.3. The Hall–Kier alpha value is -1.66. The Morgan fingerprint density at radius 3 is 3.00 bits per heavy atom. The number of allylic oxidation sites excluding steroid dienone is 2. The van der Waals surface area contributed by atoms with E-state index >= 15 is 0 Å². The minimum absolute atomic E-state index is 0.194. The smallest absolute Gasteiger partial charge is 0.222 e. The molecular weight excluding hydrogens is 340 g/mol. The molecule has 0 saturated carbocycles. The van der Waals surface area contributed by atoms with Crippen LogP contribution in [0.4, 0.5) is 0 Å². The van der Waals surface area contributed by atoms with Crippen molar-refractivity contribution in [1.29, 1.82) is 0 Å². The van der Waals surface area contributed by atoms with Crippen molar-refractivity contribution in [3.8, 4) is 0 Å². The largest absolute Gasteiger partial charge is 0.392 e. The molecule has 0 radical (unpaired) electrons. The third-order valence-corrected chi connectivity index (χ3v) is 6.21. The number of aliphatic hydroxyl groups is 1. The van der Waals surface area contributed by atoms with Crippen LogP contribution in [-0.4, -0.2) is 62.6 Å². The molecule has 1 spiro atoms. The second-order valence-corrected chi connectivity index (χ2v) is 8.21. The number of aryl methyl sites for hydroxylation is 1. The van der Waals surface area contributed by atoms with Gasteiger partial charge in [-0.15, -0.1) is 0 Å². The summed E-state index contributed by atoms with van der Waals surface area (Å²) in [6.45, 7) is 6.05. The normalized spacial score (nSPS) is 26.9. The number of aliphatic hydroxyl groups excluding tert-OH is 1. The summed E-state index contributed by atoms with van der Waals surface area (Å²) in [7, 11) is 2.02. The average molecular weight is 375 g/mol. The molecule has 1 N–H and O–H groups in total. The Morgan fingerprint density at radius 2 is 2.26 bits per heavy atom. The van der Waals surface area contributed by atoms with Gasteiger partial charge in [0.1, 0.15) is 5.82 Å². The molecule has 3 heterocycles. The first-order valence-electron chi connectivity index (χ1n) is 10.3. The van der Waals surface area contributed by atoms with Crippen LogP contribution in [0, 0.1) is 5.41 Å². The average Bonchev–Trinajstić information content (AvgIpc) is 3.06. The van der Waals surface area contributed by atoms with E-state index in [1.807, 2.05) is 37.3 Å². The van der Waals surface area contributed by atoms with Crippen LogP contribution in [0.25, 0.3) is 0 Å². The SMILES string of the molecule is C/C=C/CCCC(=O)N1CCC[C@@]2(CN(Cc3nccn3C)CC[C@H]2O)C1. The summed E-state index contributed by atoms with van der Waals surface area (Å²) in [5.74, 6) is 1.29. The van der Waals surface area contributed by atoms with Gasteiger partial charge in [0.25, 0.3) is 0 Å². The van der Waals surface area contributed by atoms with E-state index in [0.717, 1.165) is 64.1 Å². The number of hydrogen-bond acceptors (Lipinski definition) is 4. The maximum Gasteiger partial charge on any atom is 0.222 e. The molecule has 0 unspecified atom stereocenters. The van der Waals surface area contributed by atoms with Gasteiger partial charge in [-0.05, 0) is 39.0 Å². The predicted molar refractivity (Wildman–Crippen MR) is 106 cm³/mol. The fourth-order valence-corrected chi connectivity index (χ4v) is 4.59. The lowest BCUT2D eigenvalue weighted by Gasteiger charge is -2.51. The van der Waals surface area contributed by atoms with Gasteiger partial charge in [0, 0.05) is 57.5 Å². The van der Waals surface area contributed by atoms with Crippen LogP contribution in [-0.2, 0) is 18.4 Å². The van der Waals surface area contributed by atoms with Crippen molar-refractivity contribution < 1.29 is 9.90 Å². The molecular formula is C21H34N4O2. The molecule has 3 rings (SSSR count). The van der Waals surface area contributed by atoms with E-state index in [0.29, 0.717) is 13.0 Å². The number of hydrogen-bond donors (Lipinski definition) is 1. The molecule has 0 aliphatic carbocycles. The van der Waals surface area contributed by atoms with Crippen LogP contribution >= 0.6 is 0 Å². The van der Waals surface area contributed by atoms with E-state index in [4.69, 9.17) is 0 Å². The van der Waals surface area contributed by atoms with E-state index in [1.54, 1.807) is 0 Å². The van der Waals surface area contributed by atoms with E-state index in [-0.39, 0.29) is 17.4 Å². The molecule has 2 saturated heterocycles. The summed E-state index contributed by atoms with van der Waals surface area (Å²) < 4.78 is 2.05. The van der Waals surface area contributed by atoms with Gasteiger partial charge in [-0.3, -0.25) is 9.69 Å². The summed E-state index contributed by atoms with van der Waals surface area (Å²) in [5, 5.41) is 10.8. The lowest BCUT2D eigenvalue weighted by molar-refractivity contribution is -0.141. The van der Waals surface area contributed by atoms with Crippen LogP contribution in [0.15, 0.2) is 24.5 Å². The second kappa shape index (κ2) is 9.02. The first kappa shape index (κ1) is 20.1. The number of carbonyl (C=O) groups is 1. The van der Waals surface area contributed by atoms with Crippen molar-refractivity contribution in [1.82, 2.24) is 19.4 Å². The third-order valence-electron chi connectivity index (χ3n) is 6.21. The van der Waals surface area contributed by atoms with Crippen molar-refractivity contribution in [2.75, 3.05) is 26.2 Å². The Kier molecular flexibility index (Phi) is 6.71. The third kappa shape index (κ3) is 4.79. The quantitative estimate of drug-likeness (QED) is 0.613. The van der Waals surface area contributed by atoms with Gasteiger partial charge in [0.05, 0.1) is 12.6 Å². The summed E-state index contributed by atoms with van der Waals surface area (Å²) in [5.41, 5.74) is -0.194. The highest BCUT2D eigenvalue weighted by molar-refractivity contribution is 5.76. The number of aromatic nitrogens is 2. The van der Waals surface area contributed by atoms with Crippen molar-refractivity contribution in [2.24, 2.45) is 12.5 Å². The van der Waals surface area contributed by atoms with Crippen molar-refractivity contribution >= 4 is 5.91 Å². The van der Waals surface area contributed by atoms with E-state index < -0.39 is 0 Å². The minimum atomic E-state index is -0.325. The molecule has 0 aromatic carbocycles. The number of likely N-dealkylation sites (tertiary alicyclic amines) is 2. The fourth-order valence-electron chi connectivity index (χ4n) is 4.59. The Balaban J connectivity index is 1.61. The number of unbranched alkanes of at least 4 members (excludes halogenated alkanes) is 1. The number of piperidine rings is 2. The zero-order chi connectivity index (χ0) is 19.3. The van der Waals surface area contributed by atoms with Gasteiger partial charge < -0.3 is 14.6 Å². The summed E-state index contributed by atoms with van der Waals surface area (Å²) in [4.78, 5) is 21.5. The second-order valence-electron chi connectivity index (χ2n) is 8.21. The lowest BCUT2D eigenvalue weighted by Crippen LogP contribution is -2.59. The van der Waals surface area contributed by atoms with E-state index in [2.05, 4.69) is 20.5 Å². The molecule has 1 amide bonds. The predicted octanol–water partition coefficient (Wildman–Crippen LogP) is 2.34. The monoisotopic (exact) mass is 374 g/mol. The maximum absolute atomic E-state index is 12.7. The van der Waals surface area contributed by atoms with Gasteiger partial charge in [0.15, 0.2) is 0 Å². The Morgan fingerprint density at radius 1 is 1.41 bits per heavy atom. The van der Waals surface area contributed by atoms with Crippen molar-refractivity contribution in [2.45, 2.75) is 58.1 Å². The molecule has 150 valence electrons. The van der Waals surface area contributed by atoms with Crippen LogP contribution < -0.4 is 0 Å². The summed E-state index contributed by atoms with van der Waals surface area (Å²) in [6.07, 6.45) is 12.8. The molecule has 6 heteroatoms. The van der Waals surface area contributed by atoms with Crippen LogP contribution in [0.2, 0.25) is 0 Å². The van der Waals surface area contributed by atoms with Crippen molar-refractivity contribution in [3.05, 3.63) is 30.4 Å². The van der Waals surface area contributed by atoms with Crippen LogP contribution in [0.1, 0.15) is 51.3 Å². The van der Waals surface area contributed by atoms with Crippen LogP contribution in [0.3, 0.4) is 0 Å². The molecule has 0 bridgehead atoms. The number of imidazole rings is 1. The fraction of sp³-hybridized carbons (Fsp3) is 0.714. The number of nitrogens with zero attached hydrogens (tertiary/aromatic N) is 4. The number of carbonyl (C=O) groups excluding carboxylic acids is 1. The summed E-state index contributed by atoms with van der Waals surface area (Å²) >= 11 is 0. The summed E-state index contributed by atoms with van der Waals surface area (Å²) in [6, 6.07) is 0. The number of rotatable bonds is 6. The van der Waals surface area contributed by atoms with Crippen molar-refractivity contribution in [3.63, 3.8) is 0 Å². The van der Waals surface area contributed by atoms with Gasteiger partial charge >= 0.3 is 0 Å².